The molecule has 0 aromatic heterocycles. The number of carboxylic acid groups (broad SMARTS) is 1. The number of phenolic OH excluding ortho intramolecular Hbond substituents is 2. The van der Waals surface area contributed by atoms with Crippen LogP contribution in [-0.2, 0) is 19.0 Å². The Labute approximate surface area is 167 Å². The first kappa shape index (κ1) is 22.3. The van der Waals surface area contributed by atoms with Crippen LogP contribution in [0.1, 0.15) is 12.5 Å². The van der Waals surface area contributed by atoms with Crippen LogP contribution in [0.15, 0.2) is 17.1 Å². The summed E-state index contributed by atoms with van der Waals surface area (Å²) in [7, 11) is 1.60. The van der Waals surface area contributed by atoms with Gasteiger partial charge in [-0.3, -0.25) is 4.99 Å². The minimum Gasteiger partial charge on any atom is -0.507 e. The van der Waals surface area contributed by atoms with Gasteiger partial charge in [0, 0.05) is 25.0 Å². The van der Waals surface area contributed by atoms with E-state index in [1.165, 1.54) is 30.8 Å². The van der Waals surface area contributed by atoms with E-state index in [-0.39, 0.29) is 40.2 Å². The van der Waals surface area contributed by atoms with Crippen molar-refractivity contribution in [3.8, 4) is 17.2 Å². The molecule has 0 amide bonds. The quantitative estimate of drug-likeness (QED) is 0.435. The molecule has 28 heavy (non-hydrogen) atoms. The summed E-state index contributed by atoms with van der Waals surface area (Å²) in [6, 6.07) is 2.70. The second-order valence-corrected chi connectivity index (χ2v) is 7.15. The van der Waals surface area contributed by atoms with Gasteiger partial charge in [-0.2, -0.15) is 0 Å². The summed E-state index contributed by atoms with van der Waals surface area (Å²) in [5, 5.41) is 30.0. The van der Waals surface area contributed by atoms with Crippen molar-refractivity contribution in [2.24, 2.45) is 4.99 Å². The molecule has 1 aliphatic heterocycles. The lowest BCUT2D eigenvalue weighted by atomic mass is 10.1. The van der Waals surface area contributed by atoms with Crippen LogP contribution < -0.4 is 4.74 Å². The van der Waals surface area contributed by atoms with Gasteiger partial charge >= 0.3 is 5.97 Å². The minimum atomic E-state index is -1.28. The SMILES string of the molecule is COCCOCCOCCOc1cc(O)c(C2=N[C@@](C)(C(=O)O)CS2)c(O)c1. The fourth-order valence-corrected chi connectivity index (χ4v) is 3.53. The van der Waals surface area contributed by atoms with Crippen LogP contribution >= 0.6 is 11.8 Å². The molecule has 0 aliphatic carbocycles. The molecule has 9 nitrogen and oxygen atoms in total. The largest absolute Gasteiger partial charge is 0.507 e. The third-order valence-corrected chi connectivity index (χ3v) is 5.16. The zero-order valence-electron chi connectivity index (χ0n) is 15.8. The van der Waals surface area contributed by atoms with Gasteiger partial charge in [-0.25, -0.2) is 4.79 Å². The van der Waals surface area contributed by atoms with Gasteiger partial charge in [0.25, 0.3) is 0 Å². The number of aliphatic carboxylic acids is 1. The van der Waals surface area contributed by atoms with Crippen molar-refractivity contribution in [1.82, 2.24) is 0 Å². The minimum absolute atomic E-state index is 0.104. The first-order valence-corrected chi connectivity index (χ1v) is 9.65. The number of nitrogens with zero attached hydrogens (tertiary/aromatic N) is 1. The number of aromatic hydroxyl groups is 2. The van der Waals surface area contributed by atoms with E-state index in [9.17, 15) is 20.1 Å². The first-order valence-electron chi connectivity index (χ1n) is 8.67. The fourth-order valence-electron chi connectivity index (χ4n) is 2.31. The predicted octanol–water partition coefficient (Wildman–Crippen LogP) is 1.49. The number of benzene rings is 1. The highest BCUT2D eigenvalue weighted by Crippen LogP contribution is 2.40. The summed E-state index contributed by atoms with van der Waals surface area (Å²) >= 11 is 1.17. The Morgan fingerprint density at radius 2 is 1.68 bits per heavy atom. The van der Waals surface area contributed by atoms with Crippen LogP contribution in [0.25, 0.3) is 0 Å². The maximum absolute atomic E-state index is 11.3. The number of carbonyl (C=O) groups is 1. The molecular formula is C18H25NO8S. The van der Waals surface area contributed by atoms with E-state index in [1.54, 1.807) is 7.11 Å². The molecule has 156 valence electrons. The second kappa shape index (κ2) is 10.5. The number of hydrogen-bond acceptors (Lipinski definition) is 9. The summed E-state index contributed by atoms with van der Waals surface area (Å²) in [6.07, 6.45) is 0. The van der Waals surface area contributed by atoms with E-state index in [4.69, 9.17) is 18.9 Å². The van der Waals surface area contributed by atoms with E-state index >= 15 is 0 Å². The van der Waals surface area contributed by atoms with Crippen molar-refractivity contribution in [2.45, 2.75) is 12.5 Å². The molecule has 0 saturated heterocycles. The number of hydrogen-bond donors (Lipinski definition) is 3. The van der Waals surface area contributed by atoms with E-state index < -0.39 is 11.5 Å². The third kappa shape index (κ3) is 5.99. The van der Waals surface area contributed by atoms with Gasteiger partial charge in [0.2, 0.25) is 0 Å². The van der Waals surface area contributed by atoms with Crippen molar-refractivity contribution in [3.63, 3.8) is 0 Å². The zero-order chi connectivity index (χ0) is 20.6. The fraction of sp³-hybridized carbons (Fsp3) is 0.556. The smallest absolute Gasteiger partial charge is 0.332 e. The Hall–Kier alpha value is -2.01. The predicted molar refractivity (Wildman–Crippen MR) is 104 cm³/mol. The average molecular weight is 415 g/mol. The molecule has 1 heterocycles. The number of rotatable bonds is 12. The molecule has 0 bridgehead atoms. The molecule has 1 atom stereocenters. The molecule has 1 aromatic rings. The number of ether oxygens (including phenoxy) is 4. The Balaban J connectivity index is 1.85. The van der Waals surface area contributed by atoms with E-state index in [2.05, 4.69) is 4.99 Å². The maximum atomic E-state index is 11.3. The van der Waals surface area contributed by atoms with Crippen LogP contribution in [0.3, 0.4) is 0 Å². The highest BCUT2D eigenvalue weighted by atomic mass is 32.2. The summed E-state index contributed by atoms with van der Waals surface area (Å²) in [6.45, 7) is 3.95. The molecule has 0 saturated carbocycles. The Morgan fingerprint density at radius 1 is 1.11 bits per heavy atom. The monoisotopic (exact) mass is 415 g/mol. The molecule has 0 radical (unpaired) electrons. The summed E-state index contributed by atoms with van der Waals surface area (Å²) < 4.78 is 20.9. The van der Waals surface area contributed by atoms with Gasteiger partial charge in [-0.1, -0.05) is 0 Å². The van der Waals surface area contributed by atoms with Crippen molar-refractivity contribution < 1.29 is 39.1 Å². The molecule has 2 rings (SSSR count). The highest BCUT2D eigenvalue weighted by molar-refractivity contribution is 8.14. The second-order valence-electron chi connectivity index (χ2n) is 6.19. The van der Waals surface area contributed by atoms with Crippen LogP contribution in [0, 0.1) is 0 Å². The van der Waals surface area contributed by atoms with Crippen LogP contribution in [-0.4, -0.2) is 84.4 Å². The van der Waals surface area contributed by atoms with Crippen LogP contribution in [0.5, 0.6) is 17.2 Å². The van der Waals surface area contributed by atoms with Gasteiger partial charge in [0.15, 0.2) is 5.54 Å². The van der Waals surface area contributed by atoms with E-state index in [0.717, 1.165) is 0 Å². The van der Waals surface area contributed by atoms with Crippen molar-refractivity contribution in [3.05, 3.63) is 17.7 Å². The van der Waals surface area contributed by atoms with Gasteiger partial charge in [-0.15, -0.1) is 11.8 Å². The number of thioether (sulfide) groups is 1. The molecule has 1 aliphatic rings. The third-order valence-electron chi connectivity index (χ3n) is 3.88. The topological polar surface area (TPSA) is 127 Å². The lowest BCUT2D eigenvalue weighted by Gasteiger charge is -2.12. The average Bonchev–Trinajstić information content (AvgIpc) is 3.03. The number of methoxy groups -OCH3 is 1. The van der Waals surface area contributed by atoms with E-state index in [1.807, 2.05) is 0 Å². The normalized spacial score (nSPS) is 18.9. The molecule has 3 N–H and O–H groups in total. The van der Waals surface area contributed by atoms with E-state index in [0.29, 0.717) is 33.0 Å². The van der Waals surface area contributed by atoms with Crippen molar-refractivity contribution >= 4 is 22.8 Å². The Morgan fingerprint density at radius 3 is 2.21 bits per heavy atom. The van der Waals surface area contributed by atoms with Gasteiger partial charge in [0.1, 0.15) is 28.9 Å². The number of aliphatic imine (C=N–C) groups is 1. The molecular weight excluding hydrogens is 390 g/mol. The lowest BCUT2D eigenvalue weighted by Crippen LogP contribution is -2.33. The van der Waals surface area contributed by atoms with Crippen molar-refractivity contribution in [1.29, 1.82) is 0 Å². The van der Waals surface area contributed by atoms with Gasteiger partial charge in [0.05, 0.1) is 38.6 Å². The Kier molecular flexibility index (Phi) is 8.36. The van der Waals surface area contributed by atoms with Crippen molar-refractivity contribution in [2.75, 3.05) is 52.5 Å². The van der Waals surface area contributed by atoms with Gasteiger partial charge < -0.3 is 34.3 Å². The Bertz CT molecular complexity index is 688. The molecule has 10 heteroatoms. The van der Waals surface area contributed by atoms with Crippen LogP contribution in [0.4, 0.5) is 0 Å². The zero-order valence-corrected chi connectivity index (χ0v) is 16.7. The molecule has 0 unspecified atom stereocenters. The molecule has 1 aromatic carbocycles. The number of carboxylic acids is 1. The standard InChI is InChI=1S/C18H25NO8S/c1-18(17(22)23)11-28-16(19-18)15-13(20)9-12(10-14(15)21)27-8-7-26-6-5-25-4-3-24-2/h9-10,20-21H,3-8,11H2,1-2H3,(H,22,23)/t18-/m1/s1. The highest BCUT2D eigenvalue weighted by Gasteiger charge is 2.39. The summed E-state index contributed by atoms with van der Waals surface area (Å²) in [4.78, 5) is 15.4. The summed E-state index contributed by atoms with van der Waals surface area (Å²) in [5.74, 6) is -1.03. The van der Waals surface area contributed by atoms with Gasteiger partial charge in [-0.05, 0) is 6.92 Å². The lowest BCUT2D eigenvalue weighted by molar-refractivity contribution is -0.141. The summed E-state index contributed by atoms with van der Waals surface area (Å²) in [5.41, 5.74) is -1.18. The molecule has 0 fully saturated rings. The molecule has 0 spiro atoms. The maximum Gasteiger partial charge on any atom is 0.332 e. The first-order chi connectivity index (χ1) is 13.4. The van der Waals surface area contributed by atoms with Crippen LogP contribution in [0.2, 0.25) is 0 Å². The number of phenols is 2.